The van der Waals surface area contributed by atoms with E-state index in [1.54, 1.807) is 18.3 Å². The van der Waals surface area contributed by atoms with Gasteiger partial charge in [0.15, 0.2) is 6.61 Å². The molecule has 3 aromatic rings. The van der Waals surface area contributed by atoms with Crippen LogP contribution in [0.2, 0.25) is 5.02 Å². The molecule has 0 spiro atoms. The molecular formula is C21H20ClN3O2. The molecule has 0 heterocycles. The minimum Gasteiger partial charge on any atom is -0.483 e. The predicted molar refractivity (Wildman–Crippen MR) is 111 cm³/mol. The van der Waals surface area contributed by atoms with E-state index in [0.717, 1.165) is 22.0 Å². The number of carbonyl (C=O) groups is 1. The molecule has 0 atom stereocenters. The minimum atomic E-state index is -0.338. The summed E-state index contributed by atoms with van der Waals surface area (Å²) in [6.45, 7) is -0.136. The molecule has 138 valence electrons. The van der Waals surface area contributed by atoms with E-state index in [1.165, 1.54) is 0 Å². The fourth-order valence-electron chi connectivity index (χ4n) is 2.57. The molecule has 27 heavy (non-hydrogen) atoms. The Kier molecular flexibility index (Phi) is 5.94. The van der Waals surface area contributed by atoms with E-state index in [-0.39, 0.29) is 12.5 Å². The average Bonchev–Trinajstić information content (AvgIpc) is 2.68. The molecular weight excluding hydrogens is 362 g/mol. The highest BCUT2D eigenvalue weighted by atomic mass is 35.5. The number of hydrogen-bond acceptors (Lipinski definition) is 4. The number of amides is 1. The molecule has 1 N–H and O–H groups in total. The van der Waals surface area contributed by atoms with Gasteiger partial charge in [0.25, 0.3) is 5.91 Å². The first-order valence-corrected chi connectivity index (χ1v) is 8.82. The second kappa shape index (κ2) is 8.56. The van der Waals surface area contributed by atoms with E-state index in [9.17, 15) is 4.79 Å². The number of nitrogens with one attached hydrogen (secondary N) is 1. The van der Waals surface area contributed by atoms with Crippen LogP contribution in [0.25, 0.3) is 10.8 Å². The zero-order valence-corrected chi connectivity index (χ0v) is 15.9. The number of benzene rings is 3. The lowest BCUT2D eigenvalue weighted by Gasteiger charge is -2.11. The summed E-state index contributed by atoms with van der Waals surface area (Å²) in [4.78, 5) is 14.0. The van der Waals surface area contributed by atoms with E-state index < -0.39 is 0 Å². The van der Waals surface area contributed by atoms with Crippen molar-refractivity contribution in [3.05, 3.63) is 71.2 Å². The summed E-state index contributed by atoms with van der Waals surface area (Å²) in [5.74, 6) is 0.267. The Labute approximate surface area is 163 Å². The van der Waals surface area contributed by atoms with Gasteiger partial charge in [-0.25, -0.2) is 5.43 Å². The summed E-state index contributed by atoms with van der Waals surface area (Å²) in [5.41, 5.74) is 4.46. The van der Waals surface area contributed by atoms with Crippen LogP contribution in [0.15, 0.2) is 65.8 Å². The van der Waals surface area contributed by atoms with Crippen LogP contribution in [0.4, 0.5) is 5.69 Å². The van der Waals surface area contributed by atoms with Gasteiger partial charge in [-0.1, -0.05) is 48.0 Å². The summed E-state index contributed by atoms with van der Waals surface area (Å²) in [6, 6.07) is 19.0. The van der Waals surface area contributed by atoms with E-state index >= 15 is 0 Å². The van der Waals surface area contributed by atoms with Crippen molar-refractivity contribution in [3.8, 4) is 5.75 Å². The monoisotopic (exact) mass is 381 g/mol. The van der Waals surface area contributed by atoms with Gasteiger partial charge in [0.1, 0.15) is 5.75 Å². The summed E-state index contributed by atoms with van der Waals surface area (Å²) in [6.07, 6.45) is 1.59. The summed E-state index contributed by atoms with van der Waals surface area (Å²) < 4.78 is 5.63. The Morgan fingerprint density at radius 3 is 2.48 bits per heavy atom. The minimum absolute atomic E-state index is 0.136. The molecule has 0 bridgehead atoms. The second-order valence-electron chi connectivity index (χ2n) is 6.16. The van der Waals surface area contributed by atoms with E-state index in [1.807, 2.05) is 67.5 Å². The van der Waals surface area contributed by atoms with Crippen LogP contribution in [0.5, 0.6) is 5.75 Å². The van der Waals surface area contributed by atoms with Crippen molar-refractivity contribution >= 4 is 40.2 Å². The second-order valence-corrected chi connectivity index (χ2v) is 6.57. The van der Waals surface area contributed by atoms with Crippen LogP contribution in [0, 0.1) is 0 Å². The molecule has 3 aromatic carbocycles. The molecule has 0 aliphatic carbocycles. The van der Waals surface area contributed by atoms with Crippen molar-refractivity contribution in [2.24, 2.45) is 5.10 Å². The molecule has 0 radical (unpaired) electrons. The van der Waals surface area contributed by atoms with Gasteiger partial charge in [0.2, 0.25) is 0 Å². The number of halogens is 1. The van der Waals surface area contributed by atoms with Crippen LogP contribution in [0.1, 0.15) is 5.56 Å². The Balaban J connectivity index is 1.56. The van der Waals surface area contributed by atoms with Crippen LogP contribution in [-0.4, -0.2) is 32.8 Å². The Morgan fingerprint density at radius 2 is 1.78 bits per heavy atom. The summed E-state index contributed by atoms with van der Waals surface area (Å²) >= 11 is 6.19. The Hall–Kier alpha value is -3.05. The molecule has 5 nitrogen and oxygen atoms in total. The molecule has 0 aromatic heterocycles. The van der Waals surface area contributed by atoms with Crippen molar-refractivity contribution in [3.63, 3.8) is 0 Å². The van der Waals surface area contributed by atoms with Crippen molar-refractivity contribution in [1.29, 1.82) is 0 Å². The normalized spacial score (nSPS) is 10.9. The number of hydrazone groups is 1. The van der Waals surface area contributed by atoms with E-state index in [2.05, 4.69) is 10.5 Å². The first-order chi connectivity index (χ1) is 13.0. The van der Waals surface area contributed by atoms with Gasteiger partial charge in [-0.2, -0.15) is 5.10 Å². The van der Waals surface area contributed by atoms with Gasteiger partial charge in [0, 0.05) is 35.6 Å². The number of carbonyl (C=O) groups excluding carboxylic acids is 1. The molecule has 3 rings (SSSR count). The molecule has 0 aliphatic rings. The van der Waals surface area contributed by atoms with Crippen molar-refractivity contribution < 1.29 is 9.53 Å². The number of anilines is 1. The van der Waals surface area contributed by atoms with E-state index in [4.69, 9.17) is 16.3 Å². The fraction of sp³-hybridized carbons (Fsp3) is 0.143. The lowest BCUT2D eigenvalue weighted by molar-refractivity contribution is -0.123. The number of hydrogen-bond donors (Lipinski definition) is 1. The maximum absolute atomic E-state index is 12.0. The summed E-state index contributed by atoms with van der Waals surface area (Å²) in [7, 11) is 3.96. The van der Waals surface area contributed by atoms with Crippen LogP contribution in [-0.2, 0) is 4.79 Å². The first kappa shape index (κ1) is 18.7. The fourth-order valence-corrected chi connectivity index (χ4v) is 2.80. The van der Waals surface area contributed by atoms with Crippen molar-refractivity contribution in [2.45, 2.75) is 0 Å². The van der Waals surface area contributed by atoms with Crippen LogP contribution < -0.4 is 15.1 Å². The van der Waals surface area contributed by atoms with Gasteiger partial charge >= 0.3 is 0 Å². The van der Waals surface area contributed by atoms with Crippen LogP contribution in [0.3, 0.4) is 0 Å². The highest BCUT2D eigenvalue weighted by Crippen LogP contribution is 2.31. The number of nitrogens with zero attached hydrogens (tertiary/aromatic N) is 2. The van der Waals surface area contributed by atoms with Crippen molar-refractivity contribution in [2.75, 3.05) is 25.6 Å². The molecule has 0 aliphatic heterocycles. The zero-order chi connectivity index (χ0) is 19.2. The zero-order valence-electron chi connectivity index (χ0n) is 15.1. The molecule has 6 heteroatoms. The molecule has 0 saturated carbocycles. The Bertz CT molecular complexity index is 969. The van der Waals surface area contributed by atoms with Gasteiger partial charge in [-0.05, 0) is 29.8 Å². The van der Waals surface area contributed by atoms with Crippen LogP contribution >= 0.6 is 11.6 Å². The highest BCUT2D eigenvalue weighted by Gasteiger charge is 2.07. The van der Waals surface area contributed by atoms with Gasteiger partial charge in [0.05, 0.1) is 6.21 Å². The molecule has 0 fully saturated rings. The van der Waals surface area contributed by atoms with Gasteiger partial charge in [-0.15, -0.1) is 0 Å². The average molecular weight is 382 g/mol. The van der Waals surface area contributed by atoms with Crippen molar-refractivity contribution in [1.82, 2.24) is 5.43 Å². The van der Waals surface area contributed by atoms with Gasteiger partial charge in [-0.3, -0.25) is 4.79 Å². The SMILES string of the molecule is CN(C)c1ccc(/C=N\NC(=O)COc2ccc(Cl)c3ccccc23)cc1. The third kappa shape index (κ3) is 4.77. The molecule has 0 unspecified atom stereocenters. The quantitative estimate of drug-likeness (QED) is 0.517. The third-order valence-electron chi connectivity index (χ3n) is 4.00. The lowest BCUT2D eigenvalue weighted by atomic mass is 10.1. The van der Waals surface area contributed by atoms with Gasteiger partial charge < -0.3 is 9.64 Å². The molecule has 0 saturated heterocycles. The number of rotatable bonds is 6. The van der Waals surface area contributed by atoms with E-state index in [0.29, 0.717) is 10.8 Å². The molecule has 1 amide bonds. The topological polar surface area (TPSA) is 53.9 Å². The maximum atomic E-state index is 12.0. The Morgan fingerprint density at radius 1 is 1.07 bits per heavy atom. The number of ether oxygens (including phenoxy) is 1. The lowest BCUT2D eigenvalue weighted by Crippen LogP contribution is -2.24. The highest BCUT2D eigenvalue weighted by molar-refractivity contribution is 6.35. The first-order valence-electron chi connectivity index (χ1n) is 8.44. The maximum Gasteiger partial charge on any atom is 0.277 e. The predicted octanol–water partition coefficient (Wildman–Crippen LogP) is 4.09. The third-order valence-corrected chi connectivity index (χ3v) is 4.33. The largest absolute Gasteiger partial charge is 0.483 e. The smallest absolute Gasteiger partial charge is 0.277 e. The summed E-state index contributed by atoms with van der Waals surface area (Å²) in [5, 5.41) is 6.36. The number of fused-ring (bicyclic) bond motifs is 1. The standard InChI is InChI=1S/C21H20ClN3O2/c1-25(2)16-9-7-15(8-10-16)13-23-24-21(26)14-27-20-12-11-19(22)17-5-3-4-6-18(17)20/h3-13H,14H2,1-2H3,(H,24,26)/b23-13-.